The van der Waals surface area contributed by atoms with E-state index < -0.39 is 18.3 Å². The molecule has 0 aliphatic rings. The molecule has 0 aliphatic heterocycles. The summed E-state index contributed by atoms with van der Waals surface area (Å²) in [6.45, 7) is 0. The van der Waals surface area contributed by atoms with Gasteiger partial charge in [-0.05, 0) is 0 Å². The zero-order valence-corrected chi connectivity index (χ0v) is 23.7. The van der Waals surface area contributed by atoms with E-state index >= 15 is 0 Å². The van der Waals surface area contributed by atoms with Gasteiger partial charge in [0.25, 0.3) is 0 Å². The average Bonchev–Trinajstić information content (AvgIpc) is 1.55. The summed E-state index contributed by atoms with van der Waals surface area (Å²) in [5, 5.41) is 0. The summed E-state index contributed by atoms with van der Waals surface area (Å²) in [6, 6.07) is 0. The average molecular weight is 373 g/mol. The Morgan fingerprint density at radius 3 is 0.938 bits per heavy atom. The zero-order chi connectivity index (χ0) is 9.12. The molecule has 0 saturated heterocycles. The van der Waals surface area contributed by atoms with E-state index in [1.165, 1.54) is 0 Å². The molecule has 0 aliphatic carbocycles. The Hall–Kier alpha value is 5.87. The Labute approximate surface area is 216 Å². The Balaban J connectivity index is -0.0000000500. The van der Waals surface area contributed by atoms with Gasteiger partial charge in [0, 0.05) is 9.83 Å². The summed E-state index contributed by atoms with van der Waals surface area (Å²) in [6.07, 6.45) is 0. The molecule has 0 fully saturated rings. The third-order valence-corrected chi connectivity index (χ3v) is 9.14. The van der Waals surface area contributed by atoms with Crippen LogP contribution in [0.1, 0.15) is 0 Å². The van der Waals surface area contributed by atoms with Gasteiger partial charge >= 0.3 is 166 Å². The maximum Gasteiger partial charge on any atom is 1.00 e. The SMILES string of the molecule is O=S(=O)(O)SSSS(=O)(=O)O.[Na+].[Na+].[Na+].[Na+].[Na+]. The quantitative estimate of drug-likeness (QED) is 0.282. The van der Waals surface area contributed by atoms with Crippen LogP contribution in [0.5, 0.6) is 0 Å². The van der Waals surface area contributed by atoms with E-state index in [1.54, 1.807) is 0 Å². The van der Waals surface area contributed by atoms with Gasteiger partial charge in [0.2, 0.25) is 0 Å². The van der Waals surface area contributed by atoms with Crippen LogP contribution < -0.4 is 148 Å². The monoisotopic (exact) mass is 373 g/mol. The van der Waals surface area contributed by atoms with Crippen molar-refractivity contribution in [2.24, 2.45) is 0 Å². The van der Waals surface area contributed by atoms with E-state index in [1.807, 2.05) is 0 Å². The first-order valence-electron chi connectivity index (χ1n) is 1.70. The molecule has 0 bridgehead atoms. The van der Waals surface area contributed by atoms with Gasteiger partial charge in [0.15, 0.2) is 0 Å². The van der Waals surface area contributed by atoms with Crippen LogP contribution in [-0.2, 0) is 18.3 Å². The van der Waals surface area contributed by atoms with Crippen LogP contribution >= 0.6 is 29.5 Å². The summed E-state index contributed by atoms with van der Waals surface area (Å²) in [7, 11) is -8.44. The van der Waals surface area contributed by atoms with Crippen molar-refractivity contribution in [2.45, 2.75) is 0 Å². The van der Waals surface area contributed by atoms with Gasteiger partial charge in [-0.25, -0.2) is 0 Å². The molecule has 68 valence electrons. The summed E-state index contributed by atoms with van der Waals surface area (Å²) in [5.74, 6) is 0. The van der Waals surface area contributed by atoms with Crippen molar-refractivity contribution in [2.75, 3.05) is 0 Å². The molecule has 0 spiro atoms. The molecule has 2 N–H and O–H groups in total. The van der Waals surface area contributed by atoms with Crippen LogP contribution in [0.4, 0.5) is 0 Å². The first-order valence-corrected chi connectivity index (χ1v) is 9.10. The summed E-state index contributed by atoms with van der Waals surface area (Å²) >= 11 is 0. The minimum absolute atomic E-state index is 0. The third-order valence-electron chi connectivity index (χ3n) is 0.228. The zero-order valence-electron chi connectivity index (χ0n) is 9.57. The molecule has 16 heteroatoms. The molecule has 16 heavy (non-hydrogen) atoms. The summed E-state index contributed by atoms with van der Waals surface area (Å²) in [5.41, 5.74) is 0. The van der Waals surface area contributed by atoms with E-state index in [0.29, 0.717) is 0 Å². The number of hydrogen-bond donors (Lipinski definition) is 2. The molecule has 0 rings (SSSR count). The smallest absolute Gasteiger partial charge is 0.277 e. The van der Waals surface area contributed by atoms with E-state index in [2.05, 4.69) is 0 Å². The maximum absolute atomic E-state index is 9.92. The molecular weight excluding hydrogens is 371 g/mol. The fourth-order valence-corrected chi connectivity index (χ4v) is 8.44. The Morgan fingerprint density at radius 1 is 0.625 bits per heavy atom. The Kier molecular flexibility index (Phi) is 44.7. The van der Waals surface area contributed by atoms with Crippen molar-refractivity contribution in [1.29, 1.82) is 0 Å². The fraction of sp³-hybridized carbons (Fsp3) is 0. The van der Waals surface area contributed by atoms with Crippen molar-refractivity contribution in [3.8, 4) is 0 Å². The van der Waals surface area contributed by atoms with Crippen LogP contribution in [0.25, 0.3) is 0 Å². The standard InChI is InChI=1S/5Na.H2O6S5/c;;;;;1-10(2,3)8-7-9-11(4,5)6/h;;;;;(H,1,2,3)(H,4,5,6)/q5*+1;. The van der Waals surface area contributed by atoms with E-state index in [9.17, 15) is 16.8 Å². The summed E-state index contributed by atoms with van der Waals surface area (Å²) < 4.78 is 55.8. The molecule has 0 saturated carbocycles. The largest absolute Gasteiger partial charge is 1.00 e. The number of hydrogen-bond acceptors (Lipinski definition) is 7. The first-order chi connectivity index (χ1) is 4.71. The minimum Gasteiger partial charge on any atom is -0.277 e. The van der Waals surface area contributed by atoms with Crippen molar-refractivity contribution in [3.63, 3.8) is 0 Å². The second-order valence-electron chi connectivity index (χ2n) is 1.06. The summed E-state index contributed by atoms with van der Waals surface area (Å²) in [4.78, 5) is 0. The normalized spacial score (nSPS) is 9.12. The molecule has 0 aromatic carbocycles. The maximum atomic E-state index is 9.92. The van der Waals surface area contributed by atoms with E-state index in [4.69, 9.17) is 9.11 Å². The van der Waals surface area contributed by atoms with Gasteiger partial charge < -0.3 is 0 Å². The minimum atomic E-state index is -4.26. The molecular formula is H2Na5O6S5+5. The Bertz CT molecular complexity index is 274. The van der Waals surface area contributed by atoms with Gasteiger partial charge in [-0.1, -0.05) is 0 Å². The molecule has 0 unspecified atom stereocenters. The van der Waals surface area contributed by atoms with Gasteiger partial charge in [-0.3, -0.25) is 9.11 Å². The second-order valence-corrected chi connectivity index (χ2v) is 10.6. The van der Waals surface area contributed by atoms with Crippen LogP contribution in [0.2, 0.25) is 0 Å². The predicted molar refractivity (Wildman–Crippen MR) is 45.9 cm³/mol. The van der Waals surface area contributed by atoms with Crippen LogP contribution in [-0.4, -0.2) is 25.9 Å². The molecule has 6 nitrogen and oxygen atoms in total. The van der Waals surface area contributed by atoms with Crippen molar-refractivity contribution >= 4 is 47.8 Å². The predicted octanol–water partition coefficient (Wildman–Crippen LogP) is -14.4. The molecule has 0 aromatic rings. The molecule has 0 amide bonds. The van der Waals surface area contributed by atoms with Crippen LogP contribution in [0.3, 0.4) is 0 Å². The van der Waals surface area contributed by atoms with Gasteiger partial charge in [0.05, 0.1) is 19.7 Å². The second kappa shape index (κ2) is 18.9. The van der Waals surface area contributed by atoms with Gasteiger partial charge in [-0.15, -0.1) is 0 Å². The number of rotatable bonds is 4. The first kappa shape index (κ1) is 37.8. The van der Waals surface area contributed by atoms with Crippen molar-refractivity contribution < 1.29 is 174 Å². The van der Waals surface area contributed by atoms with Crippen molar-refractivity contribution in [1.82, 2.24) is 0 Å². The van der Waals surface area contributed by atoms with E-state index in [-0.39, 0.29) is 177 Å². The van der Waals surface area contributed by atoms with Crippen molar-refractivity contribution in [3.05, 3.63) is 0 Å². The molecule has 0 heterocycles. The van der Waals surface area contributed by atoms with Gasteiger partial charge in [-0.2, -0.15) is 16.8 Å². The van der Waals surface area contributed by atoms with Crippen LogP contribution in [0, 0.1) is 0 Å². The Morgan fingerprint density at radius 2 is 0.812 bits per heavy atom. The van der Waals surface area contributed by atoms with Crippen LogP contribution in [0.15, 0.2) is 0 Å². The molecule has 0 radical (unpaired) electrons. The fourth-order valence-electron chi connectivity index (χ4n) is 0.0815. The molecule has 0 aromatic heterocycles. The topological polar surface area (TPSA) is 109 Å². The molecule has 0 atom stereocenters. The third kappa shape index (κ3) is 36.8. The van der Waals surface area contributed by atoms with E-state index in [0.717, 1.165) is 0 Å². The van der Waals surface area contributed by atoms with Gasteiger partial charge in [0.1, 0.15) is 0 Å².